The molecular weight excluding hydrogens is 292 g/mol. The molecule has 0 aromatic rings. The molecular formula is C18H36N2O3. The second-order valence-corrected chi connectivity index (χ2v) is 8.09. The number of nitrogens with one attached hydrogen (secondary N) is 2. The van der Waals surface area contributed by atoms with E-state index in [-0.39, 0.29) is 17.6 Å². The minimum Gasteiger partial charge on any atom is -0.444 e. The Labute approximate surface area is 141 Å². The van der Waals surface area contributed by atoms with Crippen molar-refractivity contribution in [2.24, 2.45) is 5.41 Å². The van der Waals surface area contributed by atoms with Crippen molar-refractivity contribution in [2.45, 2.75) is 91.5 Å². The zero-order valence-corrected chi connectivity index (χ0v) is 16.0. The van der Waals surface area contributed by atoms with Crippen molar-refractivity contribution in [1.82, 2.24) is 10.6 Å². The minimum atomic E-state index is -0.460. The summed E-state index contributed by atoms with van der Waals surface area (Å²) in [5.74, 6) is 0. The van der Waals surface area contributed by atoms with Crippen LogP contribution in [0.2, 0.25) is 0 Å². The quantitative estimate of drug-likeness (QED) is 0.716. The number of ether oxygens (including phenoxy) is 2. The summed E-state index contributed by atoms with van der Waals surface area (Å²) in [7, 11) is 0. The van der Waals surface area contributed by atoms with Crippen molar-refractivity contribution in [3.05, 3.63) is 0 Å². The predicted octanol–water partition coefficient (Wildman–Crippen LogP) is 3.47. The van der Waals surface area contributed by atoms with Crippen LogP contribution in [0.1, 0.15) is 67.7 Å². The van der Waals surface area contributed by atoms with Crippen LogP contribution in [-0.4, -0.2) is 43.0 Å². The van der Waals surface area contributed by atoms with Crippen LogP contribution in [0.25, 0.3) is 0 Å². The number of hydrogen-bond acceptors (Lipinski definition) is 4. The third-order valence-electron chi connectivity index (χ3n) is 4.51. The van der Waals surface area contributed by atoms with Gasteiger partial charge in [-0.15, -0.1) is 0 Å². The van der Waals surface area contributed by atoms with E-state index in [0.29, 0.717) is 18.7 Å². The Hall–Kier alpha value is -0.810. The number of rotatable bonds is 8. The maximum atomic E-state index is 11.8. The Bertz CT molecular complexity index is 377. The Morgan fingerprint density at radius 3 is 2.43 bits per heavy atom. The molecule has 1 fully saturated rings. The molecule has 5 nitrogen and oxygen atoms in total. The number of hydrogen-bond donors (Lipinski definition) is 2. The lowest BCUT2D eigenvalue weighted by molar-refractivity contribution is -0.116. The maximum Gasteiger partial charge on any atom is 0.407 e. The Balaban J connectivity index is 2.45. The second kappa shape index (κ2) is 8.34. The van der Waals surface area contributed by atoms with Gasteiger partial charge in [-0.1, -0.05) is 27.2 Å². The second-order valence-electron chi connectivity index (χ2n) is 8.09. The molecule has 0 bridgehead atoms. The molecule has 1 amide bonds. The smallest absolute Gasteiger partial charge is 0.407 e. The molecule has 23 heavy (non-hydrogen) atoms. The van der Waals surface area contributed by atoms with Crippen LogP contribution >= 0.6 is 0 Å². The fourth-order valence-electron chi connectivity index (χ4n) is 3.05. The monoisotopic (exact) mass is 328 g/mol. The largest absolute Gasteiger partial charge is 0.444 e. The van der Waals surface area contributed by atoms with Gasteiger partial charge in [0.25, 0.3) is 0 Å². The Kier molecular flexibility index (Phi) is 7.33. The van der Waals surface area contributed by atoms with E-state index in [9.17, 15) is 4.79 Å². The van der Waals surface area contributed by atoms with Gasteiger partial charge in [-0.3, -0.25) is 0 Å². The van der Waals surface area contributed by atoms with Crippen LogP contribution < -0.4 is 10.6 Å². The van der Waals surface area contributed by atoms with E-state index >= 15 is 0 Å². The summed E-state index contributed by atoms with van der Waals surface area (Å²) >= 11 is 0. The molecule has 0 saturated heterocycles. The van der Waals surface area contributed by atoms with E-state index in [2.05, 4.69) is 31.4 Å². The summed E-state index contributed by atoms with van der Waals surface area (Å²) in [4.78, 5) is 11.8. The zero-order valence-electron chi connectivity index (χ0n) is 16.0. The highest BCUT2D eigenvalue weighted by Gasteiger charge is 2.49. The van der Waals surface area contributed by atoms with Gasteiger partial charge >= 0.3 is 6.09 Å². The third-order valence-corrected chi connectivity index (χ3v) is 4.51. The van der Waals surface area contributed by atoms with Crippen molar-refractivity contribution in [1.29, 1.82) is 0 Å². The number of alkyl carbamates (subject to hydrolysis) is 1. The topological polar surface area (TPSA) is 59.6 Å². The Morgan fingerprint density at radius 1 is 1.30 bits per heavy atom. The highest BCUT2D eigenvalue weighted by molar-refractivity contribution is 5.67. The van der Waals surface area contributed by atoms with Gasteiger partial charge in [0.2, 0.25) is 0 Å². The first-order valence-corrected chi connectivity index (χ1v) is 8.94. The molecule has 0 aromatic carbocycles. The van der Waals surface area contributed by atoms with Gasteiger partial charge in [0.05, 0.1) is 6.10 Å². The van der Waals surface area contributed by atoms with Crippen molar-refractivity contribution in [3.8, 4) is 0 Å². The van der Waals surface area contributed by atoms with Crippen molar-refractivity contribution >= 4 is 6.09 Å². The highest BCUT2D eigenvalue weighted by Crippen LogP contribution is 2.43. The van der Waals surface area contributed by atoms with Gasteiger partial charge in [0.1, 0.15) is 5.60 Å². The average molecular weight is 328 g/mol. The first-order chi connectivity index (χ1) is 10.6. The summed E-state index contributed by atoms with van der Waals surface area (Å²) < 4.78 is 11.1. The van der Waals surface area contributed by atoms with Gasteiger partial charge in [0, 0.05) is 30.7 Å². The number of carbonyl (C=O) groups excluding carboxylic acids is 1. The van der Waals surface area contributed by atoms with Crippen molar-refractivity contribution < 1.29 is 14.3 Å². The molecule has 5 heteroatoms. The van der Waals surface area contributed by atoms with Gasteiger partial charge in [0.15, 0.2) is 0 Å². The van der Waals surface area contributed by atoms with E-state index in [1.54, 1.807) is 0 Å². The van der Waals surface area contributed by atoms with E-state index in [1.807, 2.05) is 27.7 Å². The molecule has 3 atom stereocenters. The molecule has 1 saturated carbocycles. The molecule has 0 spiro atoms. The molecule has 0 heterocycles. The van der Waals surface area contributed by atoms with E-state index in [0.717, 1.165) is 25.9 Å². The minimum absolute atomic E-state index is 0.133. The number of amides is 1. The average Bonchev–Trinajstić information content (AvgIpc) is 2.41. The molecule has 1 aliphatic carbocycles. The summed E-state index contributed by atoms with van der Waals surface area (Å²) in [6.45, 7) is 15.7. The van der Waals surface area contributed by atoms with Crippen LogP contribution in [0.4, 0.5) is 4.79 Å². The standard InChI is InChI=1S/C18H36N2O3/c1-8-10-13(12-19-16(21)23-17(3,4)5)20-14-11-15(22-9-2)18(14,6)7/h13-15,20H,8-12H2,1-7H3,(H,19,21). The summed E-state index contributed by atoms with van der Waals surface area (Å²) in [5.41, 5.74) is -0.327. The third kappa shape index (κ3) is 6.30. The van der Waals surface area contributed by atoms with E-state index < -0.39 is 5.60 Å². The van der Waals surface area contributed by atoms with Gasteiger partial charge in [-0.2, -0.15) is 0 Å². The van der Waals surface area contributed by atoms with Crippen LogP contribution in [0.15, 0.2) is 0 Å². The number of carbonyl (C=O) groups is 1. The lowest BCUT2D eigenvalue weighted by atomic mass is 9.64. The lowest BCUT2D eigenvalue weighted by Gasteiger charge is -2.53. The van der Waals surface area contributed by atoms with Crippen molar-refractivity contribution in [3.63, 3.8) is 0 Å². The van der Waals surface area contributed by atoms with Crippen LogP contribution in [0, 0.1) is 5.41 Å². The Morgan fingerprint density at radius 2 is 1.96 bits per heavy atom. The first-order valence-electron chi connectivity index (χ1n) is 8.94. The SMILES string of the molecule is CCCC(CNC(=O)OC(C)(C)C)NC1CC(OCC)C1(C)C. The van der Waals surface area contributed by atoms with Crippen LogP contribution in [0.5, 0.6) is 0 Å². The maximum absolute atomic E-state index is 11.8. The normalized spacial score (nSPS) is 24.7. The fraction of sp³-hybridized carbons (Fsp3) is 0.944. The molecule has 1 rings (SSSR count). The molecule has 0 aromatic heterocycles. The van der Waals surface area contributed by atoms with E-state index in [1.165, 1.54) is 0 Å². The first kappa shape index (κ1) is 20.2. The molecule has 3 unspecified atom stereocenters. The fourth-order valence-corrected chi connectivity index (χ4v) is 3.05. The molecule has 0 aliphatic heterocycles. The van der Waals surface area contributed by atoms with E-state index in [4.69, 9.17) is 9.47 Å². The summed E-state index contributed by atoms with van der Waals surface area (Å²) in [5, 5.41) is 6.59. The van der Waals surface area contributed by atoms with Gasteiger partial charge in [-0.05, 0) is 40.5 Å². The predicted molar refractivity (Wildman–Crippen MR) is 93.7 cm³/mol. The molecule has 0 radical (unpaired) electrons. The van der Waals surface area contributed by atoms with Gasteiger partial charge in [-0.25, -0.2) is 4.79 Å². The molecule has 136 valence electrons. The zero-order chi connectivity index (χ0) is 17.7. The molecule has 2 N–H and O–H groups in total. The van der Waals surface area contributed by atoms with Gasteiger partial charge < -0.3 is 20.1 Å². The molecule has 1 aliphatic rings. The summed E-state index contributed by atoms with van der Waals surface area (Å²) in [6.07, 6.45) is 3.12. The van der Waals surface area contributed by atoms with Crippen molar-refractivity contribution in [2.75, 3.05) is 13.2 Å². The van der Waals surface area contributed by atoms with Crippen LogP contribution in [0.3, 0.4) is 0 Å². The summed E-state index contributed by atoms with van der Waals surface area (Å²) in [6, 6.07) is 0.690. The van der Waals surface area contributed by atoms with Crippen LogP contribution in [-0.2, 0) is 9.47 Å². The highest BCUT2D eigenvalue weighted by atomic mass is 16.6. The lowest BCUT2D eigenvalue weighted by Crippen LogP contribution is -2.63.